The standard InChI is InChI=1S/C23H25BrN6O2S/c1-3-26-13-15-12-16(8-11-19(15)25-2)28-23-27-14-18(24)22(30-23)29-20-6-4-5-7-21(20)33(31,32)17-9-10-17/h4-8,11-14,17,25H,3,9-10H2,1-2H3,(H2,27,28,29,30). The zero-order valence-corrected chi connectivity index (χ0v) is 20.7. The first-order valence-corrected chi connectivity index (χ1v) is 13.0. The molecule has 0 amide bonds. The van der Waals surface area contributed by atoms with E-state index in [-0.39, 0.29) is 10.1 Å². The third-order valence-corrected chi connectivity index (χ3v) is 8.04. The number of aromatic nitrogens is 2. The summed E-state index contributed by atoms with van der Waals surface area (Å²) in [5.74, 6) is 0.837. The SMILES string of the molecule is CCN=Cc1cc(Nc2ncc(Br)c(Nc3ccccc3S(=O)(=O)C3CC3)n2)ccc1NC. The van der Waals surface area contributed by atoms with E-state index < -0.39 is 9.84 Å². The Morgan fingerprint density at radius 2 is 1.94 bits per heavy atom. The van der Waals surface area contributed by atoms with Crippen molar-refractivity contribution in [3.63, 3.8) is 0 Å². The lowest BCUT2D eigenvalue weighted by Crippen LogP contribution is -2.10. The first kappa shape index (κ1) is 23.2. The molecule has 1 aliphatic rings. The molecule has 3 aromatic rings. The Kier molecular flexibility index (Phi) is 6.94. The molecule has 1 aromatic heterocycles. The molecule has 1 heterocycles. The maximum atomic E-state index is 12.8. The Morgan fingerprint density at radius 1 is 1.15 bits per heavy atom. The van der Waals surface area contributed by atoms with Crippen LogP contribution in [0.2, 0.25) is 0 Å². The van der Waals surface area contributed by atoms with Gasteiger partial charge < -0.3 is 16.0 Å². The number of halogens is 1. The summed E-state index contributed by atoms with van der Waals surface area (Å²) in [4.78, 5) is 13.5. The van der Waals surface area contributed by atoms with Gasteiger partial charge >= 0.3 is 0 Å². The number of anilines is 5. The molecule has 0 radical (unpaired) electrons. The second-order valence-corrected chi connectivity index (χ2v) is 10.6. The molecule has 0 saturated heterocycles. The van der Waals surface area contributed by atoms with Crippen molar-refractivity contribution in [2.75, 3.05) is 29.5 Å². The predicted octanol–water partition coefficient (Wildman–Crippen LogP) is 5.14. The quantitative estimate of drug-likeness (QED) is 0.329. The van der Waals surface area contributed by atoms with E-state index in [1.165, 1.54) is 0 Å². The summed E-state index contributed by atoms with van der Waals surface area (Å²) in [7, 11) is -1.50. The minimum absolute atomic E-state index is 0.287. The number of hydrogen-bond donors (Lipinski definition) is 3. The summed E-state index contributed by atoms with van der Waals surface area (Å²) in [5.41, 5.74) is 3.20. The van der Waals surface area contributed by atoms with E-state index in [0.29, 0.717) is 41.3 Å². The highest BCUT2D eigenvalue weighted by atomic mass is 79.9. The van der Waals surface area contributed by atoms with Crippen LogP contribution in [0.5, 0.6) is 0 Å². The molecule has 3 N–H and O–H groups in total. The Labute approximate surface area is 202 Å². The molecule has 4 rings (SSSR count). The number of sulfone groups is 1. The maximum Gasteiger partial charge on any atom is 0.229 e. The molecule has 0 aliphatic heterocycles. The fourth-order valence-corrected chi connectivity index (χ4v) is 5.41. The van der Waals surface area contributed by atoms with E-state index in [1.807, 2.05) is 38.4 Å². The van der Waals surface area contributed by atoms with Crippen molar-refractivity contribution in [2.45, 2.75) is 29.9 Å². The number of rotatable bonds is 9. The molecular weight excluding hydrogens is 504 g/mol. The molecule has 10 heteroatoms. The van der Waals surface area contributed by atoms with Crippen LogP contribution in [0.1, 0.15) is 25.3 Å². The molecule has 1 aliphatic carbocycles. The Hall–Kier alpha value is -2.98. The molecular formula is C23H25BrN6O2S. The second kappa shape index (κ2) is 9.88. The number of hydrogen-bond acceptors (Lipinski definition) is 8. The number of benzene rings is 2. The Morgan fingerprint density at radius 3 is 2.67 bits per heavy atom. The molecule has 0 unspecified atom stereocenters. The van der Waals surface area contributed by atoms with Gasteiger partial charge in [-0.05, 0) is 66.0 Å². The smallest absolute Gasteiger partial charge is 0.229 e. The normalized spacial score (nSPS) is 13.8. The Bertz CT molecular complexity index is 1290. The first-order valence-electron chi connectivity index (χ1n) is 10.6. The van der Waals surface area contributed by atoms with Gasteiger partial charge in [-0.15, -0.1) is 0 Å². The molecule has 172 valence electrons. The minimum atomic E-state index is -3.36. The average Bonchev–Trinajstić information content (AvgIpc) is 3.66. The first-order chi connectivity index (χ1) is 15.9. The predicted molar refractivity (Wildman–Crippen MR) is 137 cm³/mol. The fourth-order valence-electron chi connectivity index (χ4n) is 3.31. The van der Waals surface area contributed by atoms with Crippen molar-refractivity contribution >= 4 is 60.8 Å². The Balaban J connectivity index is 1.61. The highest BCUT2D eigenvalue weighted by Crippen LogP contribution is 2.37. The lowest BCUT2D eigenvalue weighted by Gasteiger charge is -2.14. The van der Waals surface area contributed by atoms with Crippen molar-refractivity contribution in [3.8, 4) is 0 Å². The van der Waals surface area contributed by atoms with Gasteiger partial charge in [-0.25, -0.2) is 13.4 Å². The van der Waals surface area contributed by atoms with Crippen LogP contribution in [0.4, 0.5) is 28.8 Å². The molecule has 8 nitrogen and oxygen atoms in total. The van der Waals surface area contributed by atoms with Crippen molar-refractivity contribution in [2.24, 2.45) is 4.99 Å². The van der Waals surface area contributed by atoms with Gasteiger partial charge in [0.05, 0.1) is 20.3 Å². The summed E-state index contributed by atoms with van der Waals surface area (Å²) in [6.45, 7) is 2.68. The number of nitrogens with one attached hydrogen (secondary N) is 3. The zero-order valence-electron chi connectivity index (χ0n) is 18.3. The lowest BCUT2D eigenvalue weighted by atomic mass is 10.1. The fraction of sp³-hybridized carbons (Fsp3) is 0.261. The van der Waals surface area contributed by atoms with E-state index in [9.17, 15) is 8.42 Å². The van der Waals surface area contributed by atoms with Gasteiger partial charge in [0, 0.05) is 42.9 Å². The van der Waals surface area contributed by atoms with Crippen LogP contribution in [0.3, 0.4) is 0 Å². The van der Waals surface area contributed by atoms with E-state index in [4.69, 9.17) is 0 Å². The van der Waals surface area contributed by atoms with Gasteiger partial charge in [-0.3, -0.25) is 4.99 Å². The highest BCUT2D eigenvalue weighted by molar-refractivity contribution is 9.10. The summed E-state index contributed by atoms with van der Waals surface area (Å²) in [6.07, 6.45) is 4.86. The van der Waals surface area contributed by atoms with Crippen LogP contribution in [0, 0.1) is 0 Å². The van der Waals surface area contributed by atoms with Gasteiger partial charge in [0.25, 0.3) is 0 Å². The third-order valence-electron chi connectivity index (χ3n) is 5.14. The van der Waals surface area contributed by atoms with E-state index >= 15 is 0 Å². The second-order valence-electron chi connectivity index (χ2n) is 7.56. The van der Waals surface area contributed by atoms with Gasteiger partial charge in [-0.1, -0.05) is 12.1 Å². The summed E-state index contributed by atoms with van der Waals surface area (Å²) in [6, 6.07) is 12.7. The summed E-state index contributed by atoms with van der Waals surface area (Å²) in [5, 5.41) is 9.23. The van der Waals surface area contributed by atoms with Crippen LogP contribution >= 0.6 is 15.9 Å². The molecule has 1 fully saturated rings. The molecule has 0 bridgehead atoms. The number of aliphatic imine (C=N–C) groups is 1. The van der Waals surface area contributed by atoms with E-state index in [0.717, 1.165) is 16.9 Å². The summed E-state index contributed by atoms with van der Waals surface area (Å²) < 4.78 is 26.3. The van der Waals surface area contributed by atoms with Crippen molar-refractivity contribution in [1.29, 1.82) is 0 Å². The monoisotopic (exact) mass is 528 g/mol. The maximum absolute atomic E-state index is 12.8. The molecule has 0 spiro atoms. The van der Waals surface area contributed by atoms with E-state index in [2.05, 4.69) is 46.8 Å². The molecule has 2 aromatic carbocycles. The van der Waals surface area contributed by atoms with Crippen LogP contribution in [0.25, 0.3) is 0 Å². The van der Waals surface area contributed by atoms with Gasteiger partial charge in [-0.2, -0.15) is 4.98 Å². The molecule has 0 atom stereocenters. The zero-order chi connectivity index (χ0) is 23.4. The third kappa shape index (κ3) is 5.33. The van der Waals surface area contributed by atoms with Crippen LogP contribution in [0.15, 0.2) is 63.0 Å². The van der Waals surface area contributed by atoms with Crippen LogP contribution in [-0.2, 0) is 9.84 Å². The topological polar surface area (TPSA) is 108 Å². The minimum Gasteiger partial charge on any atom is -0.388 e. The van der Waals surface area contributed by atoms with Crippen molar-refractivity contribution in [1.82, 2.24) is 9.97 Å². The average molecular weight is 529 g/mol. The molecule has 33 heavy (non-hydrogen) atoms. The van der Waals surface area contributed by atoms with Gasteiger partial charge in [0.15, 0.2) is 9.84 Å². The van der Waals surface area contributed by atoms with Gasteiger partial charge in [0.1, 0.15) is 5.82 Å². The lowest BCUT2D eigenvalue weighted by molar-refractivity contribution is 0.595. The van der Waals surface area contributed by atoms with Crippen molar-refractivity contribution in [3.05, 3.63) is 58.7 Å². The van der Waals surface area contributed by atoms with E-state index in [1.54, 1.807) is 30.5 Å². The van der Waals surface area contributed by atoms with Gasteiger partial charge in [0.2, 0.25) is 5.95 Å². The van der Waals surface area contributed by atoms with Crippen LogP contribution < -0.4 is 16.0 Å². The number of para-hydroxylation sites is 1. The molecule has 1 saturated carbocycles. The number of nitrogens with zero attached hydrogens (tertiary/aromatic N) is 3. The highest BCUT2D eigenvalue weighted by Gasteiger charge is 2.38. The largest absolute Gasteiger partial charge is 0.388 e. The van der Waals surface area contributed by atoms with Crippen LogP contribution in [-0.4, -0.2) is 43.4 Å². The summed E-state index contributed by atoms with van der Waals surface area (Å²) >= 11 is 3.46. The van der Waals surface area contributed by atoms with Crippen molar-refractivity contribution < 1.29 is 8.42 Å².